The Hall–Kier alpha value is -1.39. The Labute approximate surface area is 123 Å². The first kappa shape index (κ1) is 15.0. The fourth-order valence-electron chi connectivity index (χ4n) is 3.03. The van der Waals surface area contributed by atoms with Gasteiger partial charge in [0.05, 0.1) is 0 Å². The zero-order chi connectivity index (χ0) is 14.3. The van der Waals surface area contributed by atoms with Gasteiger partial charge in [0.2, 0.25) is 0 Å². The molecule has 0 unspecified atom stereocenters. The van der Waals surface area contributed by atoms with Crippen molar-refractivity contribution in [1.82, 2.24) is 0 Å². The van der Waals surface area contributed by atoms with Gasteiger partial charge < -0.3 is 0 Å². The van der Waals surface area contributed by atoms with E-state index >= 15 is 0 Å². The molecule has 20 heavy (non-hydrogen) atoms. The Morgan fingerprint density at radius 2 is 1.40 bits per heavy atom. The van der Waals surface area contributed by atoms with E-state index in [1.54, 1.807) is 10.6 Å². The number of hydrogen-bond acceptors (Lipinski definition) is 0. The van der Waals surface area contributed by atoms with Crippen molar-refractivity contribution >= 4 is 17.9 Å². The molecule has 2 rings (SSSR count). The molecule has 0 aliphatic carbocycles. The Balaban J connectivity index is 2.53. The maximum absolute atomic E-state index is 4.04. The molecule has 0 amide bonds. The van der Waals surface area contributed by atoms with Gasteiger partial charge in [0.1, 0.15) is 0 Å². The van der Waals surface area contributed by atoms with Gasteiger partial charge in [-0.3, -0.25) is 0 Å². The van der Waals surface area contributed by atoms with E-state index in [1.807, 2.05) is 0 Å². The van der Waals surface area contributed by atoms with Gasteiger partial charge in [-0.1, -0.05) is 0 Å². The van der Waals surface area contributed by atoms with E-state index in [0.29, 0.717) is 0 Å². The number of benzene rings is 2. The van der Waals surface area contributed by atoms with Crippen LogP contribution in [0, 0.1) is 0 Å². The van der Waals surface area contributed by atoms with E-state index in [-0.39, 0.29) is 0 Å². The molecule has 2 aromatic carbocycles. The third-order valence-electron chi connectivity index (χ3n) is 4.10. The molecule has 2 aromatic rings. The van der Waals surface area contributed by atoms with E-state index < -0.39 is 7.26 Å². The van der Waals surface area contributed by atoms with Gasteiger partial charge >= 0.3 is 123 Å². The van der Waals surface area contributed by atoms with Crippen molar-refractivity contribution in [2.45, 2.75) is 19.8 Å². The first-order chi connectivity index (χ1) is 9.83. The van der Waals surface area contributed by atoms with Crippen LogP contribution in [-0.4, -0.2) is 12.3 Å². The molecule has 1 heteroatoms. The minimum absolute atomic E-state index is 1.13. The molecular formula is C19H25P. The van der Waals surface area contributed by atoms with E-state index in [4.69, 9.17) is 0 Å². The van der Waals surface area contributed by atoms with Gasteiger partial charge in [-0.05, 0) is 0 Å². The number of rotatable bonds is 7. The van der Waals surface area contributed by atoms with Crippen LogP contribution in [-0.2, 0) is 0 Å². The summed E-state index contributed by atoms with van der Waals surface area (Å²) >= 11 is 0. The van der Waals surface area contributed by atoms with Crippen LogP contribution >= 0.6 is 7.26 Å². The van der Waals surface area contributed by atoms with Crippen LogP contribution in [0.1, 0.15) is 19.8 Å². The summed E-state index contributed by atoms with van der Waals surface area (Å²) in [6.45, 7) is 6.32. The molecule has 0 spiro atoms. The van der Waals surface area contributed by atoms with Crippen LogP contribution < -0.4 is 10.6 Å². The van der Waals surface area contributed by atoms with Crippen LogP contribution in [0.3, 0.4) is 0 Å². The fraction of sp³-hybridized carbons (Fsp3) is 0.263. The molecule has 0 N–H and O–H groups in total. The summed E-state index contributed by atoms with van der Waals surface area (Å²) in [6, 6.07) is 22.2. The van der Waals surface area contributed by atoms with Gasteiger partial charge in [-0.2, -0.15) is 0 Å². The number of allylic oxidation sites excluding steroid dienone is 1. The van der Waals surface area contributed by atoms with Gasteiger partial charge in [-0.25, -0.2) is 0 Å². The Bertz CT molecular complexity index is 476. The maximum atomic E-state index is 4.04. The first-order valence-electron chi connectivity index (χ1n) is 7.55. The van der Waals surface area contributed by atoms with Gasteiger partial charge in [0, 0.05) is 0 Å². The van der Waals surface area contributed by atoms with Crippen molar-refractivity contribution in [3.63, 3.8) is 0 Å². The van der Waals surface area contributed by atoms with Crippen molar-refractivity contribution in [1.29, 1.82) is 0 Å². The summed E-state index contributed by atoms with van der Waals surface area (Å²) in [5, 5.41) is 3.08. The van der Waals surface area contributed by atoms with Crippen molar-refractivity contribution in [3.05, 3.63) is 73.3 Å². The molecule has 0 aliphatic rings. The molecule has 0 nitrogen and oxygen atoms in total. The molecule has 0 saturated carbocycles. The van der Waals surface area contributed by atoms with Crippen LogP contribution in [0.4, 0.5) is 0 Å². The quantitative estimate of drug-likeness (QED) is 0.523. The van der Waals surface area contributed by atoms with Gasteiger partial charge in [-0.15, -0.1) is 0 Å². The summed E-state index contributed by atoms with van der Waals surface area (Å²) in [5.74, 6) is 0. The van der Waals surface area contributed by atoms with E-state index in [2.05, 4.69) is 80.2 Å². The van der Waals surface area contributed by atoms with Crippen molar-refractivity contribution in [2.75, 3.05) is 12.3 Å². The molecule has 0 atom stereocenters. The third kappa shape index (κ3) is 3.19. The Morgan fingerprint density at radius 1 is 0.900 bits per heavy atom. The SMILES string of the molecule is C=CC[PH](CCCC)(c1ccccc1)c1ccccc1. The monoisotopic (exact) mass is 284 g/mol. The molecule has 106 valence electrons. The molecule has 0 fully saturated rings. The van der Waals surface area contributed by atoms with E-state index in [1.165, 1.54) is 19.0 Å². The molecule has 0 heterocycles. The average molecular weight is 284 g/mol. The standard InChI is InChI=1S/C19H25P/c1-3-5-17-20(16-4-2,18-12-8-6-9-13-18)19-14-10-7-11-15-19/h4,6-15,20H,2-3,5,16-17H2,1H3. The van der Waals surface area contributed by atoms with Gasteiger partial charge in [0.25, 0.3) is 0 Å². The summed E-state index contributed by atoms with van der Waals surface area (Å²) in [4.78, 5) is 0. The van der Waals surface area contributed by atoms with E-state index in [0.717, 1.165) is 6.16 Å². The first-order valence-corrected chi connectivity index (χ1v) is 9.97. The van der Waals surface area contributed by atoms with Crippen LogP contribution in [0.15, 0.2) is 73.3 Å². The molecule has 0 bridgehead atoms. The van der Waals surface area contributed by atoms with Gasteiger partial charge in [0.15, 0.2) is 0 Å². The molecule has 0 aromatic heterocycles. The zero-order valence-electron chi connectivity index (χ0n) is 12.4. The predicted octanol–water partition coefficient (Wildman–Crippen LogP) is 4.37. The second-order valence-corrected chi connectivity index (χ2v) is 9.64. The van der Waals surface area contributed by atoms with Crippen LogP contribution in [0.25, 0.3) is 0 Å². The molecule has 0 aliphatic heterocycles. The molecule has 0 radical (unpaired) electrons. The number of unbranched alkanes of at least 4 members (excludes halogenated alkanes) is 1. The Kier molecular flexibility index (Phi) is 5.56. The normalized spacial score (nSPS) is 12.1. The number of hydrogen-bond donors (Lipinski definition) is 0. The minimum atomic E-state index is -1.69. The Morgan fingerprint density at radius 3 is 1.80 bits per heavy atom. The summed E-state index contributed by atoms with van der Waals surface area (Å²) in [7, 11) is -1.69. The van der Waals surface area contributed by atoms with E-state index in [9.17, 15) is 0 Å². The molecular weight excluding hydrogens is 259 g/mol. The summed E-state index contributed by atoms with van der Waals surface area (Å²) < 4.78 is 0. The topological polar surface area (TPSA) is 0 Å². The van der Waals surface area contributed by atoms with Crippen LogP contribution in [0.2, 0.25) is 0 Å². The van der Waals surface area contributed by atoms with Crippen molar-refractivity contribution < 1.29 is 0 Å². The second-order valence-electron chi connectivity index (χ2n) is 5.41. The summed E-state index contributed by atoms with van der Waals surface area (Å²) in [6.07, 6.45) is 7.11. The average Bonchev–Trinajstić information content (AvgIpc) is 2.53. The van der Waals surface area contributed by atoms with Crippen molar-refractivity contribution in [2.24, 2.45) is 0 Å². The van der Waals surface area contributed by atoms with Crippen LogP contribution in [0.5, 0.6) is 0 Å². The molecule has 0 saturated heterocycles. The fourth-order valence-corrected chi connectivity index (χ4v) is 7.73. The zero-order valence-corrected chi connectivity index (χ0v) is 13.4. The van der Waals surface area contributed by atoms with Crippen molar-refractivity contribution in [3.8, 4) is 0 Å². The second kappa shape index (κ2) is 7.41. The third-order valence-corrected chi connectivity index (χ3v) is 9.17. The summed E-state index contributed by atoms with van der Waals surface area (Å²) in [5.41, 5.74) is 0. The predicted molar refractivity (Wildman–Crippen MR) is 95.3 cm³/mol.